The number of hydrogen-bond acceptors (Lipinski definition) is 3. The Morgan fingerprint density at radius 2 is 2.00 bits per heavy atom. The van der Waals surface area contributed by atoms with E-state index in [2.05, 4.69) is 0 Å². The molecular weight excluding hydrogens is 204 g/mol. The van der Waals surface area contributed by atoms with Crippen molar-refractivity contribution < 1.29 is 9.47 Å². The molecule has 0 bridgehead atoms. The van der Waals surface area contributed by atoms with E-state index in [0.717, 1.165) is 11.5 Å². The highest BCUT2D eigenvalue weighted by Crippen LogP contribution is 2.19. The van der Waals surface area contributed by atoms with E-state index in [0.29, 0.717) is 13.2 Å². The van der Waals surface area contributed by atoms with E-state index in [9.17, 15) is 0 Å². The molecule has 1 aromatic carbocycles. The molecule has 1 atom stereocenters. The van der Waals surface area contributed by atoms with E-state index in [1.807, 2.05) is 38.1 Å². The van der Waals surface area contributed by atoms with Crippen molar-refractivity contribution in [2.75, 3.05) is 13.2 Å². The molecule has 0 spiro atoms. The molecule has 88 valence electrons. The van der Waals surface area contributed by atoms with Gasteiger partial charge in [-0.05, 0) is 19.1 Å². The van der Waals surface area contributed by atoms with Crippen molar-refractivity contribution in [2.45, 2.75) is 13.8 Å². The van der Waals surface area contributed by atoms with E-state index in [1.165, 1.54) is 0 Å². The first-order chi connectivity index (χ1) is 7.63. The van der Waals surface area contributed by atoms with Gasteiger partial charge < -0.3 is 15.2 Å². The summed E-state index contributed by atoms with van der Waals surface area (Å²) in [5.74, 6) is 1.59. The summed E-state index contributed by atoms with van der Waals surface area (Å²) in [5.41, 5.74) is 5.36. The minimum absolute atomic E-state index is 0.0734. The lowest BCUT2D eigenvalue weighted by Gasteiger charge is -2.12. The highest BCUT2D eigenvalue weighted by atomic mass is 16.5. The maximum atomic E-state index is 7.25. The molecule has 0 fully saturated rings. The molecule has 4 heteroatoms. The number of nitrogens with two attached hydrogens (primary N) is 1. The zero-order valence-corrected chi connectivity index (χ0v) is 9.69. The quantitative estimate of drug-likeness (QED) is 0.571. The molecule has 0 heterocycles. The van der Waals surface area contributed by atoms with Crippen molar-refractivity contribution in [3.8, 4) is 11.5 Å². The summed E-state index contributed by atoms with van der Waals surface area (Å²) in [7, 11) is 0. The van der Waals surface area contributed by atoms with Crippen LogP contribution < -0.4 is 15.2 Å². The predicted octanol–water partition coefficient (Wildman–Crippen LogP) is 2.04. The molecule has 0 aromatic heterocycles. The summed E-state index contributed by atoms with van der Waals surface area (Å²) in [5, 5.41) is 7.25. The Kier molecular flexibility index (Phi) is 4.64. The lowest BCUT2D eigenvalue weighted by atomic mass is 10.2. The molecule has 1 unspecified atom stereocenters. The van der Waals surface area contributed by atoms with Gasteiger partial charge in [-0.3, -0.25) is 5.41 Å². The van der Waals surface area contributed by atoms with Crippen LogP contribution in [-0.2, 0) is 0 Å². The van der Waals surface area contributed by atoms with Crippen LogP contribution in [0.4, 0.5) is 0 Å². The molecule has 0 aliphatic carbocycles. The fourth-order valence-electron chi connectivity index (χ4n) is 1.13. The Morgan fingerprint density at radius 1 is 1.38 bits per heavy atom. The summed E-state index contributed by atoms with van der Waals surface area (Å²) >= 11 is 0. The molecule has 4 nitrogen and oxygen atoms in total. The molecule has 1 aromatic rings. The number of amidine groups is 1. The molecular formula is C12H18N2O2. The predicted molar refractivity (Wildman–Crippen MR) is 64.2 cm³/mol. The van der Waals surface area contributed by atoms with Crippen LogP contribution in [0.25, 0.3) is 0 Å². The Hall–Kier alpha value is -1.71. The van der Waals surface area contributed by atoms with Crippen molar-refractivity contribution in [1.82, 2.24) is 0 Å². The SMILES string of the molecule is CCOc1cccc(OCC(C)C(=N)N)c1. The molecule has 1 rings (SSSR count). The summed E-state index contributed by atoms with van der Waals surface area (Å²) in [6.45, 7) is 4.83. The number of nitrogens with one attached hydrogen (secondary N) is 1. The maximum absolute atomic E-state index is 7.25. The van der Waals surface area contributed by atoms with E-state index in [4.69, 9.17) is 20.6 Å². The van der Waals surface area contributed by atoms with Gasteiger partial charge in [0.1, 0.15) is 11.5 Å². The molecule has 16 heavy (non-hydrogen) atoms. The summed E-state index contributed by atoms with van der Waals surface area (Å²) in [4.78, 5) is 0. The topological polar surface area (TPSA) is 68.3 Å². The third kappa shape index (κ3) is 3.81. The van der Waals surface area contributed by atoms with Crippen molar-refractivity contribution in [3.63, 3.8) is 0 Å². The van der Waals surface area contributed by atoms with Gasteiger partial charge in [0.05, 0.1) is 19.0 Å². The Balaban J connectivity index is 2.53. The minimum Gasteiger partial charge on any atom is -0.494 e. The smallest absolute Gasteiger partial charge is 0.123 e. The maximum Gasteiger partial charge on any atom is 0.123 e. The first-order valence-electron chi connectivity index (χ1n) is 5.33. The van der Waals surface area contributed by atoms with Crippen molar-refractivity contribution >= 4 is 5.84 Å². The summed E-state index contributed by atoms with van der Waals surface area (Å²) in [6, 6.07) is 7.44. The molecule has 0 amide bonds. The molecule has 0 radical (unpaired) electrons. The van der Waals surface area contributed by atoms with Gasteiger partial charge in [0.25, 0.3) is 0 Å². The van der Waals surface area contributed by atoms with E-state index in [1.54, 1.807) is 0 Å². The molecule has 0 aliphatic heterocycles. The van der Waals surface area contributed by atoms with Crippen molar-refractivity contribution in [1.29, 1.82) is 5.41 Å². The zero-order chi connectivity index (χ0) is 12.0. The van der Waals surface area contributed by atoms with Crippen LogP contribution in [0.5, 0.6) is 11.5 Å². The second-order valence-electron chi connectivity index (χ2n) is 3.58. The van der Waals surface area contributed by atoms with Crippen LogP contribution in [0, 0.1) is 11.3 Å². The van der Waals surface area contributed by atoms with Gasteiger partial charge in [-0.1, -0.05) is 13.0 Å². The number of benzene rings is 1. The average Bonchev–Trinajstić information content (AvgIpc) is 2.26. The largest absolute Gasteiger partial charge is 0.494 e. The standard InChI is InChI=1S/C12H18N2O2/c1-3-15-10-5-4-6-11(7-10)16-8-9(2)12(13)14/h4-7,9H,3,8H2,1-2H3,(H3,13,14). The lowest BCUT2D eigenvalue weighted by Crippen LogP contribution is -2.25. The highest BCUT2D eigenvalue weighted by Gasteiger charge is 2.06. The Labute approximate surface area is 95.9 Å². The third-order valence-corrected chi connectivity index (χ3v) is 2.15. The van der Waals surface area contributed by atoms with Gasteiger partial charge in [0.2, 0.25) is 0 Å². The number of rotatable bonds is 6. The Morgan fingerprint density at radius 3 is 2.56 bits per heavy atom. The lowest BCUT2D eigenvalue weighted by molar-refractivity contribution is 0.287. The molecule has 0 saturated carbocycles. The first-order valence-corrected chi connectivity index (χ1v) is 5.33. The second-order valence-corrected chi connectivity index (χ2v) is 3.58. The van der Waals surface area contributed by atoms with Gasteiger partial charge in [0.15, 0.2) is 0 Å². The zero-order valence-electron chi connectivity index (χ0n) is 9.69. The van der Waals surface area contributed by atoms with Gasteiger partial charge >= 0.3 is 0 Å². The monoisotopic (exact) mass is 222 g/mol. The van der Waals surface area contributed by atoms with E-state index < -0.39 is 0 Å². The summed E-state index contributed by atoms with van der Waals surface area (Å²) in [6.07, 6.45) is 0. The van der Waals surface area contributed by atoms with Crippen molar-refractivity contribution in [3.05, 3.63) is 24.3 Å². The Bertz CT molecular complexity index is 353. The van der Waals surface area contributed by atoms with E-state index in [-0.39, 0.29) is 11.8 Å². The van der Waals surface area contributed by atoms with Crippen LogP contribution in [0.1, 0.15) is 13.8 Å². The van der Waals surface area contributed by atoms with Gasteiger partial charge in [-0.15, -0.1) is 0 Å². The van der Waals surface area contributed by atoms with Gasteiger partial charge in [0, 0.05) is 12.0 Å². The normalized spacial score (nSPS) is 11.9. The van der Waals surface area contributed by atoms with Gasteiger partial charge in [-0.2, -0.15) is 0 Å². The molecule has 0 saturated heterocycles. The fourth-order valence-corrected chi connectivity index (χ4v) is 1.13. The molecule has 0 aliphatic rings. The third-order valence-electron chi connectivity index (χ3n) is 2.15. The second kappa shape index (κ2) is 6.00. The minimum atomic E-state index is -0.0734. The number of ether oxygens (including phenoxy) is 2. The van der Waals surface area contributed by atoms with Crippen LogP contribution in [0.3, 0.4) is 0 Å². The first kappa shape index (κ1) is 12.4. The van der Waals surface area contributed by atoms with Gasteiger partial charge in [-0.25, -0.2) is 0 Å². The number of hydrogen-bond donors (Lipinski definition) is 2. The summed E-state index contributed by atoms with van der Waals surface area (Å²) < 4.78 is 10.9. The van der Waals surface area contributed by atoms with Crippen LogP contribution in [0.2, 0.25) is 0 Å². The van der Waals surface area contributed by atoms with Crippen LogP contribution in [-0.4, -0.2) is 19.0 Å². The van der Waals surface area contributed by atoms with Crippen LogP contribution in [0.15, 0.2) is 24.3 Å². The fraction of sp³-hybridized carbons (Fsp3) is 0.417. The highest BCUT2D eigenvalue weighted by molar-refractivity contribution is 5.79. The average molecular weight is 222 g/mol. The van der Waals surface area contributed by atoms with Crippen LogP contribution >= 0.6 is 0 Å². The van der Waals surface area contributed by atoms with E-state index >= 15 is 0 Å². The molecule has 3 N–H and O–H groups in total. The van der Waals surface area contributed by atoms with Crippen molar-refractivity contribution in [2.24, 2.45) is 11.7 Å².